The summed E-state index contributed by atoms with van der Waals surface area (Å²) in [6.45, 7) is 2.34. The monoisotopic (exact) mass is 195 g/mol. The summed E-state index contributed by atoms with van der Waals surface area (Å²) in [5, 5.41) is 2.52. The molecule has 0 spiro atoms. The maximum Gasteiger partial charge on any atom is 0.411 e. The Morgan fingerprint density at radius 3 is 3.00 bits per heavy atom. The zero-order valence-corrected chi connectivity index (χ0v) is 7.99. The Balaban J connectivity index is 2.44. The molecule has 5 heteroatoms. The van der Waals surface area contributed by atoms with Crippen molar-refractivity contribution in [2.75, 3.05) is 17.7 Å². The third-order valence-electron chi connectivity index (χ3n) is 1.47. The number of nitrogens with one attached hydrogen (secondary N) is 1. The van der Waals surface area contributed by atoms with Gasteiger partial charge < -0.3 is 10.5 Å². The van der Waals surface area contributed by atoms with Crippen molar-refractivity contribution in [3.05, 3.63) is 18.3 Å². The number of rotatable bonds is 3. The normalized spacial score (nSPS) is 9.50. The van der Waals surface area contributed by atoms with Gasteiger partial charge in [0, 0.05) is 0 Å². The third kappa shape index (κ3) is 3.30. The summed E-state index contributed by atoms with van der Waals surface area (Å²) < 4.78 is 4.82. The number of pyridine rings is 1. The standard InChI is InChI=1S/C9H13N3O2/c1-2-5-14-9(13)12-7-3-4-8(10)11-6-7/h3-4,6H,2,5H2,1H3,(H2,10,11)(H,12,13). The first-order chi connectivity index (χ1) is 6.72. The van der Waals surface area contributed by atoms with Crippen LogP contribution in [0.4, 0.5) is 16.3 Å². The summed E-state index contributed by atoms with van der Waals surface area (Å²) in [5.41, 5.74) is 5.95. The predicted octanol–water partition coefficient (Wildman–Crippen LogP) is 1.62. The summed E-state index contributed by atoms with van der Waals surface area (Å²) in [7, 11) is 0. The predicted molar refractivity (Wildman–Crippen MR) is 53.9 cm³/mol. The first kappa shape index (κ1) is 10.3. The minimum Gasteiger partial charge on any atom is -0.449 e. The van der Waals surface area contributed by atoms with Crippen molar-refractivity contribution in [3.63, 3.8) is 0 Å². The van der Waals surface area contributed by atoms with E-state index < -0.39 is 6.09 Å². The van der Waals surface area contributed by atoms with Gasteiger partial charge in [0.25, 0.3) is 0 Å². The fourth-order valence-corrected chi connectivity index (χ4v) is 0.828. The van der Waals surface area contributed by atoms with Crippen LogP contribution in [0.1, 0.15) is 13.3 Å². The van der Waals surface area contributed by atoms with Gasteiger partial charge in [-0.25, -0.2) is 9.78 Å². The van der Waals surface area contributed by atoms with Crippen molar-refractivity contribution in [2.24, 2.45) is 0 Å². The van der Waals surface area contributed by atoms with Crippen molar-refractivity contribution in [1.29, 1.82) is 0 Å². The topological polar surface area (TPSA) is 77.2 Å². The van der Waals surface area contributed by atoms with Crippen LogP contribution in [0.25, 0.3) is 0 Å². The smallest absolute Gasteiger partial charge is 0.411 e. The number of nitrogens with two attached hydrogens (primary N) is 1. The Morgan fingerprint density at radius 1 is 1.64 bits per heavy atom. The zero-order chi connectivity index (χ0) is 10.4. The van der Waals surface area contributed by atoms with E-state index in [1.54, 1.807) is 12.1 Å². The molecule has 1 heterocycles. The van der Waals surface area contributed by atoms with Crippen LogP contribution in [0, 0.1) is 0 Å². The average molecular weight is 195 g/mol. The van der Waals surface area contributed by atoms with Gasteiger partial charge in [0.15, 0.2) is 0 Å². The van der Waals surface area contributed by atoms with Crippen molar-refractivity contribution in [1.82, 2.24) is 4.98 Å². The summed E-state index contributed by atoms with van der Waals surface area (Å²) in [4.78, 5) is 14.9. The number of carbonyl (C=O) groups excluding carboxylic acids is 1. The van der Waals surface area contributed by atoms with E-state index in [-0.39, 0.29) is 0 Å². The Bertz CT molecular complexity index is 297. The number of carbonyl (C=O) groups is 1. The van der Waals surface area contributed by atoms with Crippen molar-refractivity contribution < 1.29 is 9.53 Å². The molecular weight excluding hydrogens is 182 g/mol. The second kappa shape index (κ2) is 5.06. The Kier molecular flexibility index (Phi) is 3.72. The Hall–Kier alpha value is -1.78. The third-order valence-corrected chi connectivity index (χ3v) is 1.47. The number of hydrogen-bond donors (Lipinski definition) is 2. The maximum absolute atomic E-state index is 11.1. The SMILES string of the molecule is CCCOC(=O)Nc1ccc(N)nc1. The minimum atomic E-state index is -0.474. The molecule has 3 N–H and O–H groups in total. The summed E-state index contributed by atoms with van der Waals surface area (Å²) in [6.07, 6.45) is 1.80. The number of anilines is 2. The van der Waals surface area contributed by atoms with Gasteiger partial charge in [-0.05, 0) is 18.6 Å². The lowest BCUT2D eigenvalue weighted by atomic mass is 10.4. The molecule has 0 aliphatic heterocycles. The molecule has 0 aliphatic rings. The quantitative estimate of drug-likeness (QED) is 0.768. The minimum absolute atomic E-state index is 0.411. The van der Waals surface area contributed by atoms with Crippen LogP contribution in [-0.4, -0.2) is 17.7 Å². The fraction of sp³-hybridized carbons (Fsp3) is 0.333. The Morgan fingerprint density at radius 2 is 2.43 bits per heavy atom. The summed E-state index contributed by atoms with van der Waals surface area (Å²) >= 11 is 0. The molecule has 0 fully saturated rings. The lowest BCUT2D eigenvalue weighted by Gasteiger charge is -2.05. The van der Waals surface area contributed by atoms with Gasteiger partial charge in [0.1, 0.15) is 5.82 Å². The lowest BCUT2D eigenvalue weighted by molar-refractivity contribution is 0.161. The van der Waals surface area contributed by atoms with Crippen molar-refractivity contribution in [2.45, 2.75) is 13.3 Å². The molecule has 0 saturated heterocycles. The molecule has 0 unspecified atom stereocenters. The zero-order valence-electron chi connectivity index (χ0n) is 7.99. The van der Waals surface area contributed by atoms with Crippen LogP contribution in [0.2, 0.25) is 0 Å². The molecule has 0 aliphatic carbocycles. The highest BCUT2D eigenvalue weighted by molar-refractivity contribution is 5.84. The first-order valence-corrected chi connectivity index (χ1v) is 4.37. The molecule has 5 nitrogen and oxygen atoms in total. The van der Waals surface area contributed by atoms with Crippen LogP contribution in [0.15, 0.2) is 18.3 Å². The number of hydrogen-bond acceptors (Lipinski definition) is 4. The maximum atomic E-state index is 11.1. The largest absolute Gasteiger partial charge is 0.449 e. The second-order valence-corrected chi connectivity index (χ2v) is 2.73. The van der Waals surface area contributed by atoms with Crippen molar-refractivity contribution >= 4 is 17.6 Å². The van der Waals surface area contributed by atoms with Crippen LogP contribution < -0.4 is 11.1 Å². The van der Waals surface area contributed by atoms with Gasteiger partial charge in [-0.15, -0.1) is 0 Å². The molecule has 0 atom stereocenters. The lowest BCUT2D eigenvalue weighted by Crippen LogP contribution is -2.14. The van der Waals surface area contributed by atoms with Gasteiger partial charge in [0.05, 0.1) is 18.5 Å². The van der Waals surface area contributed by atoms with Crippen LogP contribution in [0.5, 0.6) is 0 Å². The van der Waals surface area contributed by atoms with Gasteiger partial charge in [-0.2, -0.15) is 0 Å². The molecule has 1 rings (SSSR count). The molecular formula is C9H13N3O2. The number of nitrogen functional groups attached to an aromatic ring is 1. The van der Waals surface area contributed by atoms with E-state index in [0.717, 1.165) is 6.42 Å². The molecule has 0 bridgehead atoms. The highest BCUT2D eigenvalue weighted by Gasteiger charge is 2.01. The van der Waals surface area contributed by atoms with E-state index in [4.69, 9.17) is 10.5 Å². The van der Waals surface area contributed by atoms with Crippen molar-refractivity contribution in [3.8, 4) is 0 Å². The fourth-order valence-electron chi connectivity index (χ4n) is 0.828. The summed E-state index contributed by atoms with van der Waals surface area (Å²) in [6, 6.07) is 3.27. The second-order valence-electron chi connectivity index (χ2n) is 2.73. The van der Waals surface area contributed by atoms with Gasteiger partial charge in [-0.3, -0.25) is 5.32 Å². The number of aromatic nitrogens is 1. The molecule has 76 valence electrons. The van der Waals surface area contributed by atoms with Crippen LogP contribution in [-0.2, 0) is 4.74 Å². The van der Waals surface area contributed by atoms with Gasteiger partial charge in [0.2, 0.25) is 0 Å². The van der Waals surface area contributed by atoms with E-state index in [1.165, 1.54) is 6.20 Å². The molecule has 14 heavy (non-hydrogen) atoms. The number of nitrogens with zero attached hydrogens (tertiary/aromatic N) is 1. The molecule has 0 saturated carbocycles. The average Bonchev–Trinajstić information content (AvgIpc) is 2.18. The van der Waals surface area contributed by atoms with E-state index in [0.29, 0.717) is 18.1 Å². The van der Waals surface area contributed by atoms with Gasteiger partial charge in [-0.1, -0.05) is 6.92 Å². The summed E-state index contributed by atoms with van der Waals surface area (Å²) in [5.74, 6) is 0.414. The van der Waals surface area contributed by atoms with Gasteiger partial charge >= 0.3 is 6.09 Å². The van der Waals surface area contributed by atoms with Crippen LogP contribution >= 0.6 is 0 Å². The Labute approximate surface area is 82.3 Å². The highest BCUT2D eigenvalue weighted by atomic mass is 16.5. The molecule has 1 aromatic rings. The first-order valence-electron chi connectivity index (χ1n) is 4.37. The number of ether oxygens (including phenoxy) is 1. The van der Waals surface area contributed by atoms with E-state index >= 15 is 0 Å². The van der Waals surface area contributed by atoms with E-state index in [2.05, 4.69) is 10.3 Å². The van der Waals surface area contributed by atoms with E-state index in [9.17, 15) is 4.79 Å². The number of amides is 1. The highest BCUT2D eigenvalue weighted by Crippen LogP contribution is 2.06. The van der Waals surface area contributed by atoms with Crippen LogP contribution in [0.3, 0.4) is 0 Å². The molecule has 1 amide bonds. The molecule has 1 aromatic heterocycles. The molecule has 0 aromatic carbocycles. The molecule has 0 radical (unpaired) electrons. The van der Waals surface area contributed by atoms with E-state index in [1.807, 2.05) is 6.92 Å².